The summed E-state index contributed by atoms with van der Waals surface area (Å²) in [4.78, 5) is 1.58. The van der Waals surface area contributed by atoms with Crippen LogP contribution in [0.1, 0.15) is 26.3 Å². The summed E-state index contributed by atoms with van der Waals surface area (Å²) in [5.41, 5.74) is 1.34. The molecule has 1 N–H and O–H groups in total. The molecule has 3 heteroatoms. The van der Waals surface area contributed by atoms with Crippen molar-refractivity contribution in [2.75, 3.05) is 39.5 Å². The first kappa shape index (κ1) is 16.0. The van der Waals surface area contributed by atoms with Gasteiger partial charge in [0, 0.05) is 0 Å². The van der Waals surface area contributed by atoms with E-state index < -0.39 is 0 Å². The van der Waals surface area contributed by atoms with Gasteiger partial charge in [-0.25, -0.2) is 0 Å². The fourth-order valence-corrected chi connectivity index (χ4v) is 1.96. The van der Waals surface area contributed by atoms with Gasteiger partial charge in [-0.3, -0.25) is 0 Å². The van der Waals surface area contributed by atoms with Gasteiger partial charge in [-0.15, -0.1) is 0 Å². The van der Waals surface area contributed by atoms with Crippen molar-refractivity contribution in [3.8, 4) is 5.75 Å². The average Bonchev–Trinajstić information content (AvgIpc) is 2.47. The van der Waals surface area contributed by atoms with Crippen LogP contribution in [0.5, 0.6) is 5.75 Å². The van der Waals surface area contributed by atoms with Crippen LogP contribution in [0.2, 0.25) is 0 Å². The first-order chi connectivity index (χ1) is 9.30. The Hall–Kier alpha value is -1.06. The molecule has 0 aliphatic heterocycles. The van der Waals surface area contributed by atoms with Gasteiger partial charge in [0.05, 0.1) is 26.3 Å². The topological polar surface area (TPSA) is 22.9 Å². The van der Waals surface area contributed by atoms with Crippen molar-refractivity contribution in [3.05, 3.63) is 29.8 Å². The number of hydrogen-bond donors (Lipinski definition) is 1. The molecular formula is C16H28NO2+. The standard InChI is InChI=1S/C16H27NO2/c1-4-15-7-9-16(10-8-15)19-14-13-18-12-11-17(5-2)6-3/h7-10H,4-6,11-14H2,1-3H3/p+1. The third kappa shape index (κ3) is 6.60. The third-order valence-electron chi connectivity index (χ3n) is 3.43. The molecule has 19 heavy (non-hydrogen) atoms. The minimum absolute atomic E-state index is 0.624. The van der Waals surface area contributed by atoms with E-state index in [1.807, 2.05) is 12.1 Å². The van der Waals surface area contributed by atoms with Crippen molar-refractivity contribution in [1.29, 1.82) is 0 Å². The number of benzene rings is 1. The Kier molecular flexibility index (Phi) is 8.26. The van der Waals surface area contributed by atoms with Gasteiger partial charge in [-0.1, -0.05) is 19.1 Å². The highest BCUT2D eigenvalue weighted by atomic mass is 16.5. The lowest BCUT2D eigenvalue weighted by molar-refractivity contribution is -0.896. The Morgan fingerprint density at radius 1 is 0.895 bits per heavy atom. The fourth-order valence-electron chi connectivity index (χ4n) is 1.96. The summed E-state index contributed by atoms with van der Waals surface area (Å²) in [6.45, 7) is 12.1. The molecule has 0 heterocycles. The normalized spacial score (nSPS) is 10.9. The molecule has 0 atom stereocenters. The van der Waals surface area contributed by atoms with Gasteiger partial charge < -0.3 is 14.4 Å². The molecule has 0 fully saturated rings. The number of hydrogen-bond acceptors (Lipinski definition) is 2. The predicted molar refractivity (Wildman–Crippen MR) is 79.0 cm³/mol. The quantitative estimate of drug-likeness (QED) is 0.650. The molecule has 0 saturated heterocycles. The van der Waals surface area contributed by atoms with Gasteiger partial charge in [0.15, 0.2) is 0 Å². The van der Waals surface area contributed by atoms with E-state index in [-0.39, 0.29) is 0 Å². The van der Waals surface area contributed by atoms with Gasteiger partial charge in [0.1, 0.15) is 18.9 Å². The van der Waals surface area contributed by atoms with E-state index in [2.05, 4.69) is 32.9 Å². The highest BCUT2D eigenvalue weighted by molar-refractivity contribution is 5.27. The maximum absolute atomic E-state index is 5.63. The van der Waals surface area contributed by atoms with E-state index in [1.54, 1.807) is 4.90 Å². The van der Waals surface area contributed by atoms with E-state index in [0.29, 0.717) is 13.2 Å². The van der Waals surface area contributed by atoms with Crippen LogP contribution in [0.4, 0.5) is 0 Å². The largest absolute Gasteiger partial charge is 0.491 e. The van der Waals surface area contributed by atoms with E-state index >= 15 is 0 Å². The molecule has 0 aliphatic rings. The summed E-state index contributed by atoms with van der Waals surface area (Å²) < 4.78 is 11.2. The second kappa shape index (κ2) is 9.82. The molecule has 0 unspecified atom stereocenters. The molecule has 0 aliphatic carbocycles. The SMILES string of the molecule is CCc1ccc(OCCOCC[NH+](CC)CC)cc1. The van der Waals surface area contributed by atoms with Crippen LogP contribution >= 0.6 is 0 Å². The molecule has 0 bridgehead atoms. The van der Waals surface area contributed by atoms with Gasteiger partial charge >= 0.3 is 0 Å². The number of ether oxygens (including phenoxy) is 2. The van der Waals surface area contributed by atoms with Gasteiger partial charge in [0.2, 0.25) is 0 Å². The lowest BCUT2D eigenvalue weighted by Crippen LogP contribution is -3.11. The van der Waals surface area contributed by atoms with Crippen molar-refractivity contribution >= 4 is 0 Å². The Morgan fingerprint density at radius 3 is 2.16 bits per heavy atom. The first-order valence-electron chi connectivity index (χ1n) is 7.43. The Labute approximate surface area is 117 Å². The molecule has 0 aromatic heterocycles. The average molecular weight is 266 g/mol. The van der Waals surface area contributed by atoms with E-state index in [1.165, 1.54) is 18.7 Å². The maximum atomic E-state index is 5.63. The fraction of sp³-hybridized carbons (Fsp3) is 0.625. The zero-order valence-electron chi connectivity index (χ0n) is 12.6. The van der Waals surface area contributed by atoms with Crippen molar-refractivity contribution < 1.29 is 14.4 Å². The van der Waals surface area contributed by atoms with Crippen LogP contribution in [-0.4, -0.2) is 39.5 Å². The highest BCUT2D eigenvalue weighted by Crippen LogP contribution is 2.12. The highest BCUT2D eigenvalue weighted by Gasteiger charge is 2.01. The summed E-state index contributed by atoms with van der Waals surface area (Å²) >= 11 is 0. The number of nitrogens with one attached hydrogen (secondary N) is 1. The van der Waals surface area contributed by atoms with Gasteiger partial charge in [-0.2, -0.15) is 0 Å². The van der Waals surface area contributed by atoms with Crippen molar-refractivity contribution in [3.63, 3.8) is 0 Å². The van der Waals surface area contributed by atoms with E-state index in [9.17, 15) is 0 Å². The van der Waals surface area contributed by atoms with Crippen LogP contribution in [0.25, 0.3) is 0 Å². The zero-order chi connectivity index (χ0) is 13.9. The monoisotopic (exact) mass is 266 g/mol. The first-order valence-corrected chi connectivity index (χ1v) is 7.43. The summed E-state index contributed by atoms with van der Waals surface area (Å²) in [5, 5.41) is 0. The molecule has 3 nitrogen and oxygen atoms in total. The molecular weight excluding hydrogens is 238 g/mol. The smallest absolute Gasteiger partial charge is 0.119 e. The Bertz CT molecular complexity index is 320. The van der Waals surface area contributed by atoms with Crippen molar-refractivity contribution in [1.82, 2.24) is 0 Å². The predicted octanol–water partition coefficient (Wildman–Crippen LogP) is 1.57. The molecule has 1 aromatic carbocycles. The molecule has 0 radical (unpaired) electrons. The van der Waals surface area contributed by atoms with Gasteiger partial charge in [0.25, 0.3) is 0 Å². The van der Waals surface area contributed by atoms with Crippen LogP contribution < -0.4 is 9.64 Å². The second-order valence-electron chi connectivity index (χ2n) is 4.67. The molecule has 0 saturated carbocycles. The summed E-state index contributed by atoms with van der Waals surface area (Å²) in [5.74, 6) is 0.926. The van der Waals surface area contributed by atoms with E-state index in [0.717, 1.165) is 25.3 Å². The number of rotatable bonds is 10. The zero-order valence-corrected chi connectivity index (χ0v) is 12.6. The molecule has 1 rings (SSSR count). The third-order valence-corrected chi connectivity index (χ3v) is 3.43. The van der Waals surface area contributed by atoms with Crippen LogP contribution in [0, 0.1) is 0 Å². The number of quaternary nitrogens is 1. The summed E-state index contributed by atoms with van der Waals surface area (Å²) in [6.07, 6.45) is 1.07. The molecule has 0 amide bonds. The Balaban J connectivity index is 2.07. The van der Waals surface area contributed by atoms with Crippen molar-refractivity contribution in [2.24, 2.45) is 0 Å². The lowest BCUT2D eigenvalue weighted by atomic mass is 10.2. The number of likely N-dealkylation sites (N-methyl/N-ethyl adjacent to an activating group) is 1. The van der Waals surface area contributed by atoms with Gasteiger partial charge in [-0.05, 0) is 38.0 Å². The van der Waals surface area contributed by atoms with Crippen LogP contribution in [0.3, 0.4) is 0 Å². The number of aryl methyl sites for hydroxylation is 1. The minimum Gasteiger partial charge on any atom is -0.491 e. The second-order valence-corrected chi connectivity index (χ2v) is 4.67. The molecule has 108 valence electrons. The molecule has 0 spiro atoms. The lowest BCUT2D eigenvalue weighted by Gasteiger charge is -2.15. The summed E-state index contributed by atoms with van der Waals surface area (Å²) in [6, 6.07) is 8.28. The van der Waals surface area contributed by atoms with Crippen LogP contribution in [0.15, 0.2) is 24.3 Å². The van der Waals surface area contributed by atoms with Crippen LogP contribution in [-0.2, 0) is 11.2 Å². The molecule has 1 aromatic rings. The van der Waals surface area contributed by atoms with Crippen molar-refractivity contribution in [2.45, 2.75) is 27.2 Å². The summed E-state index contributed by atoms with van der Waals surface area (Å²) in [7, 11) is 0. The minimum atomic E-state index is 0.624. The Morgan fingerprint density at radius 2 is 1.58 bits per heavy atom. The van der Waals surface area contributed by atoms with E-state index in [4.69, 9.17) is 9.47 Å². The maximum Gasteiger partial charge on any atom is 0.119 e.